The molecule has 1 aromatic carbocycles. The normalized spacial score (nSPS) is 12.3. The predicted octanol–water partition coefficient (Wildman–Crippen LogP) is 2.03. The quantitative estimate of drug-likeness (QED) is 0.827. The standard InChI is InChI=1S/C14H20N4O/c1-3-8-19-13-6-4-12(5-7-13)14(15-2)9-18-11-16-10-17-18/h4-7,10-11,14-15H,3,8-9H2,1-2H3. The van der Waals surface area contributed by atoms with Gasteiger partial charge in [0.15, 0.2) is 0 Å². The van der Waals surface area contributed by atoms with E-state index in [0.29, 0.717) is 0 Å². The first-order valence-electron chi connectivity index (χ1n) is 6.56. The molecule has 0 aliphatic carbocycles. The summed E-state index contributed by atoms with van der Waals surface area (Å²) in [6.45, 7) is 3.61. The van der Waals surface area contributed by atoms with Gasteiger partial charge in [-0.05, 0) is 31.2 Å². The van der Waals surface area contributed by atoms with Crippen molar-refractivity contribution in [2.45, 2.75) is 25.9 Å². The van der Waals surface area contributed by atoms with Crippen LogP contribution in [0.2, 0.25) is 0 Å². The lowest BCUT2D eigenvalue weighted by Crippen LogP contribution is -2.22. The average molecular weight is 260 g/mol. The third kappa shape index (κ3) is 3.79. The van der Waals surface area contributed by atoms with Crippen LogP contribution >= 0.6 is 0 Å². The Hall–Kier alpha value is -1.88. The van der Waals surface area contributed by atoms with Gasteiger partial charge in [-0.2, -0.15) is 5.10 Å². The molecule has 102 valence electrons. The molecule has 0 radical (unpaired) electrons. The Kier molecular flexibility index (Phi) is 4.92. The van der Waals surface area contributed by atoms with E-state index < -0.39 is 0 Å². The third-order valence-corrected chi connectivity index (χ3v) is 2.94. The summed E-state index contributed by atoms with van der Waals surface area (Å²) in [5.41, 5.74) is 1.21. The molecule has 1 heterocycles. The fraction of sp³-hybridized carbons (Fsp3) is 0.429. The second kappa shape index (κ2) is 6.89. The summed E-state index contributed by atoms with van der Waals surface area (Å²) in [6, 6.07) is 8.40. The molecule has 0 fully saturated rings. The Morgan fingerprint density at radius 1 is 1.32 bits per heavy atom. The SMILES string of the molecule is CCCOc1ccc(C(Cn2cncn2)NC)cc1. The summed E-state index contributed by atoms with van der Waals surface area (Å²) in [5.74, 6) is 0.918. The summed E-state index contributed by atoms with van der Waals surface area (Å²) in [5, 5.41) is 7.42. The third-order valence-electron chi connectivity index (χ3n) is 2.94. The molecule has 1 N–H and O–H groups in total. The van der Waals surface area contributed by atoms with Crippen LogP contribution in [0.5, 0.6) is 5.75 Å². The van der Waals surface area contributed by atoms with Crippen molar-refractivity contribution in [3.63, 3.8) is 0 Å². The summed E-state index contributed by atoms with van der Waals surface area (Å²) in [4.78, 5) is 3.96. The molecule has 5 nitrogen and oxygen atoms in total. The fourth-order valence-corrected chi connectivity index (χ4v) is 1.89. The van der Waals surface area contributed by atoms with Crippen molar-refractivity contribution < 1.29 is 4.74 Å². The van der Waals surface area contributed by atoms with E-state index in [1.54, 1.807) is 12.7 Å². The van der Waals surface area contributed by atoms with Crippen molar-refractivity contribution >= 4 is 0 Å². The van der Waals surface area contributed by atoms with Gasteiger partial charge in [0.2, 0.25) is 0 Å². The molecule has 0 saturated heterocycles. The summed E-state index contributed by atoms with van der Waals surface area (Å²) in [7, 11) is 1.95. The van der Waals surface area contributed by atoms with Crippen LogP contribution in [-0.4, -0.2) is 28.4 Å². The molecule has 0 amide bonds. The number of nitrogens with zero attached hydrogens (tertiary/aromatic N) is 3. The molecule has 0 saturated carbocycles. The number of hydrogen-bond donors (Lipinski definition) is 1. The van der Waals surface area contributed by atoms with Gasteiger partial charge >= 0.3 is 0 Å². The second-order valence-electron chi connectivity index (χ2n) is 4.38. The molecule has 0 bridgehead atoms. The van der Waals surface area contributed by atoms with Crippen molar-refractivity contribution in [3.8, 4) is 5.75 Å². The highest BCUT2D eigenvalue weighted by molar-refractivity contribution is 5.29. The summed E-state index contributed by atoms with van der Waals surface area (Å²) < 4.78 is 7.40. The smallest absolute Gasteiger partial charge is 0.137 e. The van der Waals surface area contributed by atoms with E-state index in [1.165, 1.54) is 5.56 Å². The molecule has 2 aromatic rings. The maximum Gasteiger partial charge on any atom is 0.137 e. The minimum atomic E-state index is 0.210. The molecule has 1 aromatic heterocycles. The second-order valence-corrected chi connectivity index (χ2v) is 4.38. The zero-order chi connectivity index (χ0) is 13.5. The highest BCUT2D eigenvalue weighted by Gasteiger charge is 2.10. The number of rotatable bonds is 7. The van der Waals surface area contributed by atoms with Gasteiger partial charge in [0.05, 0.1) is 19.2 Å². The average Bonchev–Trinajstić information content (AvgIpc) is 2.96. The van der Waals surface area contributed by atoms with Crippen LogP contribution in [0.3, 0.4) is 0 Å². The van der Waals surface area contributed by atoms with E-state index in [2.05, 4.69) is 34.5 Å². The highest BCUT2D eigenvalue weighted by atomic mass is 16.5. The Labute approximate surface area is 113 Å². The van der Waals surface area contributed by atoms with E-state index in [4.69, 9.17) is 4.74 Å². The number of benzene rings is 1. The highest BCUT2D eigenvalue weighted by Crippen LogP contribution is 2.19. The van der Waals surface area contributed by atoms with Crippen molar-refractivity contribution in [2.75, 3.05) is 13.7 Å². The minimum absolute atomic E-state index is 0.210. The van der Waals surface area contributed by atoms with Crippen LogP contribution in [0.15, 0.2) is 36.9 Å². The van der Waals surface area contributed by atoms with E-state index >= 15 is 0 Å². The molecule has 1 atom stereocenters. The Balaban J connectivity index is 2.02. The predicted molar refractivity (Wildman–Crippen MR) is 74.1 cm³/mol. The Bertz CT molecular complexity index is 467. The van der Waals surface area contributed by atoms with Crippen molar-refractivity contribution in [1.29, 1.82) is 0 Å². The van der Waals surface area contributed by atoms with E-state index in [0.717, 1.165) is 25.3 Å². The van der Waals surface area contributed by atoms with Gasteiger partial charge in [0.1, 0.15) is 18.4 Å². The zero-order valence-corrected chi connectivity index (χ0v) is 11.4. The molecule has 1 unspecified atom stereocenters. The molecule has 19 heavy (non-hydrogen) atoms. The van der Waals surface area contributed by atoms with Gasteiger partial charge < -0.3 is 10.1 Å². The van der Waals surface area contributed by atoms with Gasteiger partial charge in [0, 0.05) is 0 Å². The van der Waals surface area contributed by atoms with Gasteiger partial charge in [-0.25, -0.2) is 4.98 Å². The lowest BCUT2D eigenvalue weighted by atomic mass is 10.1. The molecular weight excluding hydrogens is 240 g/mol. The zero-order valence-electron chi connectivity index (χ0n) is 11.4. The van der Waals surface area contributed by atoms with Gasteiger partial charge in [0.25, 0.3) is 0 Å². The van der Waals surface area contributed by atoms with Gasteiger partial charge in [-0.3, -0.25) is 4.68 Å². The first-order valence-corrected chi connectivity index (χ1v) is 6.56. The Morgan fingerprint density at radius 3 is 2.68 bits per heavy atom. The summed E-state index contributed by atoms with van der Waals surface area (Å²) in [6.07, 6.45) is 4.30. The topological polar surface area (TPSA) is 52.0 Å². The first kappa shape index (κ1) is 13.5. The number of hydrogen-bond acceptors (Lipinski definition) is 4. The molecule has 0 aliphatic heterocycles. The molecular formula is C14H20N4O. The molecule has 2 rings (SSSR count). The van der Waals surface area contributed by atoms with Gasteiger partial charge in [-0.15, -0.1) is 0 Å². The van der Waals surface area contributed by atoms with Crippen LogP contribution in [0.4, 0.5) is 0 Å². The van der Waals surface area contributed by atoms with Crippen LogP contribution in [-0.2, 0) is 6.54 Å². The fourth-order valence-electron chi connectivity index (χ4n) is 1.89. The minimum Gasteiger partial charge on any atom is -0.494 e. The van der Waals surface area contributed by atoms with E-state index in [9.17, 15) is 0 Å². The van der Waals surface area contributed by atoms with Crippen LogP contribution < -0.4 is 10.1 Å². The van der Waals surface area contributed by atoms with Crippen molar-refractivity contribution in [3.05, 3.63) is 42.5 Å². The van der Waals surface area contributed by atoms with Crippen LogP contribution in [0, 0.1) is 0 Å². The lowest BCUT2D eigenvalue weighted by Gasteiger charge is -2.17. The largest absolute Gasteiger partial charge is 0.494 e. The monoisotopic (exact) mass is 260 g/mol. The van der Waals surface area contributed by atoms with Crippen molar-refractivity contribution in [1.82, 2.24) is 20.1 Å². The van der Waals surface area contributed by atoms with Crippen LogP contribution in [0.1, 0.15) is 24.9 Å². The molecule has 0 aliphatic rings. The van der Waals surface area contributed by atoms with Gasteiger partial charge in [-0.1, -0.05) is 19.1 Å². The maximum atomic E-state index is 5.58. The number of likely N-dealkylation sites (N-methyl/N-ethyl adjacent to an activating group) is 1. The number of nitrogens with one attached hydrogen (secondary N) is 1. The molecule has 0 spiro atoms. The van der Waals surface area contributed by atoms with Crippen molar-refractivity contribution in [2.24, 2.45) is 0 Å². The Morgan fingerprint density at radius 2 is 2.11 bits per heavy atom. The van der Waals surface area contributed by atoms with E-state index in [1.807, 2.05) is 23.9 Å². The maximum absolute atomic E-state index is 5.58. The number of ether oxygens (including phenoxy) is 1. The molecule has 5 heteroatoms. The van der Waals surface area contributed by atoms with E-state index in [-0.39, 0.29) is 6.04 Å². The van der Waals surface area contributed by atoms with Crippen LogP contribution in [0.25, 0.3) is 0 Å². The summed E-state index contributed by atoms with van der Waals surface area (Å²) >= 11 is 0. The number of aromatic nitrogens is 3. The lowest BCUT2D eigenvalue weighted by molar-refractivity contribution is 0.317. The first-order chi connectivity index (χ1) is 9.33.